The van der Waals surface area contributed by atoms with Gasteiger partial charge in [0.1, 0.15) is 5.75 Å². The number of benzene rings is 2. The molecule has 0 aliphatic heterocycles. The van der Waals surface area contributed by atoms with Gasteiger partial charge < -0.3 is 9.84 Å². The Bertz CT molecular complexity index is 636. The van der Waals surface area contributed by atoms with Crippen LogP contribution in [0.15, 0.2) is 48.5 Å². The molecule has 0 heterocycles. The Hall–Kier alpha value is -2.89. The Kier molecular flexibility index (Phi) is 3.95. The molecule has 0 unspecified atom stereocenters. The SMILES string of the molecule is O=C(O)Cc1ccc(Oc2ccccc2[N+](=O)[O-])cc1. The molecule has 20 heavy (non-hydrogen) atoms. The second-order valence-electron chi connectivity index (χ2n) is 4.04. The molecular weight excluding hydrogens is 262 g/mol. The van der Waals surface area contributed by atoms with Crippen molar-refractivity contribution in [3.05, 3.63) is 64.2 Å². The summed E-state index contributed by atoms with van der Waals surface area (Å²) in [4.78, 5) is 20.9. The summed E-state index contributed by atoms with van der Waals surface area (Å²) in [7, 11) is 0. The van der Waals surface area contributed by atoms with Gasteiger partial charge in [0, 0.05) is 6.07 Å². The lowest BCUT2D eigenvalue weighted by Crippen LogP contribution is -1.99. The van der Waals surface area contributed by atoms with E-state index in [1.54, 1.807) is 36.4 Å². The van der Waals surface area contributed by atoms with Crippen LogP contribution in [0.2, 0.25) is 0 Å². The summed E-state index contributed by atoms with van der Waals surface area (Å²) in [5, 5.41) is 19.5. The average Bonchev–Trinajstić information content (AvgIpc) is 2.41. The largest absolute Gasteiger partial charge is 0.481 e. The van der Waals surface area contributed by atoms with Gasteiger partial charge in [-0.15, -0.1) is 0 Å². The highest BCUT2D eigenvalue weighted by Gasteiger charge is 2.14. The molecular formula is C14H11NO5. The highest BCUT2D eigenvalue weighted by Crippen LogP contribution is 2.30. The summed E-state index contributed by atoms with van der Waals surface area (Å²) < 4.78 is 5.44. The molecule has 6 heteroatoms. The first-order valence-corrected chi connectivity index (χ1v) is 5.78. The molecule has 0 amide bonds. The number of carboxylic acid groups (broad SMARTS) is 1. The first kappa shape index (κ1) is 13.5. The topological polar surface area (TPSA) is 89.7 Å². The molecule has 2 rings (SSSR count). The van der Waals surface area contributed by atoms with Gasteiger partial charge in [-0.2, -0.15) is 0 Å². The Morgan fingerprint density at radius 2 is 1.80 bits per heavy atom. The molecule has 0 aliphatic rings. The third-order valence-electron chi connectivity index (χ3n) is 2.57. The van der Waals surface area contributed by atoms with Crippen LogP contribution in [-0.2, 0) is 11.2 Å². The van der Waals surface area contributed by atoms with Crippen molar-refractivity contribution in [2.75, 3.05) is 0 Å². The fourth-order valence-corrected chi connectivity index (χ4v) is 1.67. The molecule has 102 valence electrons. The van der Waals surface area contributed by atoms with Crippen molar-refractivity contribution in [3.8, 4) is 11.5 Å². The van der Waals surface area contributed by atoms with E-state index in [1.807, 2.05) is 0 Å². The van der Waals surface area contributed by atoms with E-state index in [4.69, 9.17) is 9.84 Å². The van der Waals surface area contributed by atoms with Gasteiger partial charge in [-0.1, -0.05) is 24.3 Å². The molecule has 0 bridgehead atoms. The van der Waals surface area contributed by atoms with Gasteiger partial charge in [0.2, 0.25) is 5.75 Å². The standard InChI is InChI=1S/C14H11NO5/c16-14(17)9-10-5-7-11(8-6-10)20-13-4-2-1-3-12(13)15(18)19/h1-8H,9H2,(H,16,17). The van der Waals surface area contributed by atoms with Gasteiger partial charge in [-0.25, -0.2) is 0 Å². The number of aliphatic carboxylic acids is 1. The van der Waals surface area contributed by atoms with Crippen LogP contribution in [-0.4, -0.2) is 16.0 Å². The monoisotopic (exact) mass is 273 g/mol. The summed E-state index contributed by atoms with van der Waals surface area (Å²) in [6, 6.07) is 12.4. The van der Waals surface area contributed by atoms with E-state index < -0.39 is 10.9 Å². The molecule has 2 aromatic carbocycles. The predicted molar refractivity (Wildman–Crippen MR) is 71.0 cm³/mol. The fraction of sp³-hybridized carbons (Fsp3) is 0.0714. The van der Waals surface area contributed by atoms with Gasteiger partial charge in [0.25, 0.3) is 0 Å². The van der Waals surface area contributed by atoms with E-state index in [-0.39, 0.29) is 17.9 Å². The minimum Gasteiger partial charge on any atom is -0.481 e. The zero-order valence-electron chi connectivity index (χ0n) is 10.4. The number of hydrogen-bond donors (Lipinski definition) is 1. The van der Waals surface area contributed by atoms with Crippen molar-refractivity contribution in [2.24, 2.45) is 0 Å². The lowest BCUT2D eigenvalue weighted by atomic mass is 10.1. The highest BCUT2D eigenvalue weighted by atomic mass is 16.6. The third-order valence-corrected chi connectivity index (χ3v) is 2.57. The Balaban J connectivity index is 2.18. The lowest BCUT2D eigenvalue weighted by Gasteiger charge is -2.06. The predicted octanol–water partition coefficient (Wildman–Crippen LogP) is 3.01. The number of ether oxygens (including phenoxy) is 1. The first-order valence-electron chi connectivity index (χ1n) is 5.78. The zero-order valence-corrected chi connectivity index (χ0v) is 10.4. The normalized spacial score (nSPS) is 10.0. The number of para-hydroxylation sites is 2. The Labute approximate surface area is 114 Å². The van der Waals surface area contributed by atoms with E-state index >= 15 is 0 Å². The van der Waals surface area contributed by atoms with Crippen LogP contribution in [0, 0.1) is 10.1 Å². The van der Waals surface area contributed by atoms with Crippen molar-refractivity contribution in [3.63, 3.8) is 0 Å². The van der Waals surface area contributed by atoms with Gasteiger partial charge in [0.05, 0.1) is 11.3 Å². The molecule has 0 radical (unpaired) electrons. The maximum Gasteiger partial charge on any atom is 0.311 e. The van der Waals surface area contributed by atoms with Crippen LogP contribution >= 0.6 is 0 Å². The summed E-state index contributed by atoms with van der Waals surface area (Å²) in [5.41, 5.74) is 0.509. The van der Waals surface area contributed by atoms with Crippen molar-refractivity contribution in [1.82, 2.24) is 0 Å². The number of rotatable bonds is 5. The number of carbonyl (C=O) groups is 1. The fourth-order valence-electron chi connectivity index (χ4n) is 1.67. The quantitative estimate of drug-likeness (QED) is 0.668. The summed E-state index contributed by atoms with van der Waals surface area (Å²) in [6.45, 7) is 0. The second-order valence-corrected chi connectivity index (χ2v) is 4.04. The van der Waals surface area contributed by atoms with Gasteiger partial charge in [-0.05, 0) is 23.8 Å². The van der Waals surface area contributed by atoms with Crippen molar-refractivity contribution >= 4 is 11.7 Å². The van der Waals surface area contributed by atoms with Crippen LogP contribution in [0.1, 0.15) is 5.56 Å². The molecule has 0 aromatic heterocycles. The van der Waals surface area contributed by atoms with E-state index in [9.17, 15) is 14.9 Å². The van der Waals surface area contributed by atoms with Gasteiger partial charge in [0.15, 0.2) is 0 Å². The van der Waals surface area contributed by atoms with E-state index in [0.717, 1.165) is 0 Å². The number of carboxylic acids is 1. The molecule has 0 fully saturated rings. The lowest BCUT2D eigenvalue weighted by molar-refractivity contribution is -0.385. The molecule has 2 aromatic rings. The molecule has 0 spiro atoms. The Morgan fingerprint density at radius 3 is 2.40 bits per heavy atom. The number of hydrogen-bond acceptors (Lipinski definition) is 4. The maximum absolute atomic E-state index is 10.8. The van der Waals surface area contributed by atoms with E-state index in [2.05, 4.69) is 0 Å². The molecule has 6 nitrogen and oxygen atoms in total. The second kappa shape index (κ2) is 5.83. The zero-order chi connectivity index (χ0) is 14.5. The van der Waals surface area contributed by atoms with Crippen molar-refractivity contribution in [2.45, 2.75) is 6.42 Å². The van der Waals surface area contributed by atoms with Gasteiger partial charge in [-0.3, -0.25) is 14.9 Å². The third kappa shape index (κ3) is 3.32. The van der Waals surface area contributed by atoms with Crippen LogP contribution < -0.4 is 4.74 Å². The van der Waals surface area contributed by atoms with Crippen LogP contribution in [0.25, 0.3) is 0 Å². The molecule has 1 N–H and O–H groups in total. The molecule has 0 saturated heterocycles. The maximum atomic E-state index is 10.8. The van der Waals surface area contributed by atoms with Crippen LogP contribution in [0.3, 0.4) is 0 Å². The smallest absolute Gasteiger partial charge is 0.311 e. The van der Waals surface area contributed by atoms with E-state index in [1.165, 1.54) is 12.1 Å². The minimum absolute atomic E-state index is 0.0776. The average molecular weight is 273 g/mol. The van der Waals surface area contributed by atoms with E-state index in [0.29, 0.717) is 11.3 Å². The summed E-state index contributed by atoms with van der Waals surface area (Å²) in [6.07, 6.45) is -0.0776. The molecule has 0 saturated carbocycles. The summed E-state index contributed by atoms with van der Waals surface area (Å²) >= 11 is 0. The number of nitrogens with zero attached hydrogens (tertiary/aromatic N) is 1. The molecule has 0 aliphatic carbocycles. The first-order chi connectivity index (χ1) is 9.56. The van der Waals surface area contributed by atoms with Crippen molar-refractivity contribution < 1.29 is 19.6 Å². The van der Waals surface area contributed by atoms with Crippen molar-refractivity contribution in [1.29, 1.82) is 0 Å². The summed E-state index contributed by atoms with van der Waals surface area (Å²) in [5.74, 6) is -0.366. The van der Waals surface area contributed by atoms with Crippen LogP contribution in [0.5, 0.6) is 11.5 Å². The van der Waals surface area contributed by atoms with Crippen LogP contribution in [0.4, 0.5) is 5.69 Å². The molecule has 0 atom stereocenters. The van der Waals surface area contributed by atoms with Gasteiger partial charge >= 0.3 is 11.7 Å². The minimum atomic E-state index is -0.919. The Morgan fingerprint density at radius 1 is 1.15 bits per heavy atom. The highest BCUT2D eigenvalue weighted by molar-refractivity contribution is 5.70. The number of nitro benzene ring substituents is 1. The number of nitro groups is 1.